The molecule has 14 heavy (non-hydrogen) atoms. The molecule has 0 saturated heterocycles. The standard InChI is InChI=1S/C9H9N5/c1-6-2-11-8(12-3-6)9-13-4-7(10)5-14-9/h2-5H,10H2,1H3. The molecule has 0 atom stereocenters. The van der Waals surface area contributed by atoms with E-state index in [9.17, 15) is 0 Å². The lowest BCUT2D eigenvalue weighted by atomic mass is 10.4. The Morgan fingerprint density at radius 2 is 1.29 bits per heavy atom. The molecule has 0 saturated carbocycles. The molecule has 0 radical (unpaired) electrons. The lowest BCUT2D eigenvalue weighted by molar-refractivity contribution is 1.06. The molecule has 0 fully saturated rings. The highest BCUT2D eigenvalue weighted by Gasteiger charge is 2.02. The van der Waals surface area contributed by atoms with Crippen molar-refractivity contribution < 1.29 is 0 Å². The first-order valence-electron chi connectivity index (χ1n) is 4.12. The summed E-state index contributed by atoms with van der Waals surface area (Å²) < 4.78 is 0. The summed E-state index contributed by atoms with van der Waals surface area (Å²) in [5.41, 5.74) is 7.00. The molecule has 5 nitrogen and oxygen atoms in total. The molecule has 2 rings (SSSR count). The fourth-order valence-corrected chi connectivity index (χ4v) is 0.962. The van der Waals surface area contributed by atoms with E-state index >= 15 is 0 Å². The van der Waals surface area contributed by atoms with Crippen molar-refractivity contribution in [2.24, 2.45) is 0 Å². The van der Waals surface area contributed by atoms with E-state index in [0.29, 0.717) is 17.3 Å². The highest BCUT2D eigenvalue weighted by atomic mass is 15.0. The van der Waals surface area contributed by atoms with Gasteiger partial charge in [0.2, 0.25) is 0 Å². The Balaban J connectivity index is 2.40. The minimum atomic E-state index is 0.485. The molecule has 2 N–H and O–H groups in total. The van der Waals surface area contributed by atoms with Gasteiger partial charge in [-0.05, 0) is 12.5 Å². The molecule has 0 aliphatic heterocycles. The van der Waals surface area contributed by atoms with Gasteiger partial charge >= 0.3 is 0 Å². The Bertz CT molecular complexity index is 376. The smallest absolute Gasteiger partial charge is 0.197 e. The number of rotatable bonds is 1. The van der Waals surface area contributed by atoms with Crippen LogP contribution in [0.2, 0.25) is 0 Å². The van der Waals surface area contributed by atoms with Crippen molar-refractivity contribution in [2.45, 2.75) is 6.92 Å². The van der Waals surface area contributed by atoms with E-state index in [4.69, 9.17) is 5.73 Å². The van der Waals surface area contributed by atoms with Crippen molar-refractivity contribution in [1.82, 2.24) is 19.9 Å². The predicted molar refractivity (Wildman–Crippen MR) is 52.2 cm³/mol. The van der Waals surface area contributed by atoms with E-state index in [1.165, 1.54) is 12.4 Å². The third-order valence-corrected chi connectivity index (χ3v) is 1.65. The molecular weight excluding hydrogens is 178 g/mol. The molecule has 0 amide bonds. The summed E-state index contributed by atoms with van der Waals surface area (Å²) in [7, 11) is 0. The monoisotopic (exact) mass is 187 g/mol. The summed E-state index contributed by atoms with van der Waals surface area (Å²) in [6, 6.07) is 0. The SMILES string of the molecule is Cc1cnc(-c2ncc(N)cn2)nc1. The zero-order valence-corrected chi connectivity index (χ0v) is 7.68. The zero-order chi connectivity index (χ0) is 9.97. The van der Waals surface area contributed by atoms with E-state index in [0.717, 1.165) is 5.56 Å². The predicted octanol–water partition coefficient (Wildman–Crippen LogP) is 0.824. The fourth-order valence-electron chi connectivity index (χ4n) is 0.962. The topological polar surface area (TPSA) is 77.6 Å². The van der Waals surface area contributed by atoms with Crippen LogP contribution in [0, 0.1) is 6.92 Å². The Morgan fingerprint density at radius 3 is 1.79 bits per heavy atom. The Hall–Kier alpha value is -2.04. The minimum absolute atomic E-state index is 0.485. The molecule has 0 aromatic carbocycles. The summed E-state index contributed by atoms with van der Waals surface area (Å²) in [6.45, 7) is 1.92. The summed E-state index contributed by atoms with van der Waals surface area (Å²) in [4.78, 5) is 16.2. The van der Waals surface area contributed by atoms with Gasteiger partial charge in [-0.2, -0.15) is 0 Å². The van der Waals surface area contributed by atoms with E-state index in [1.807, 2.05) is 6.92 Å². The van der Waals surface area contributed by atoms with Crippen LogP contribution in [0.4, 0.5) is 5.69 Å². The second-order valence-corrected chi connectivity index (χ2v) is 2.92. The quantitative estimate of drug-likeness (QED) is 0.715. The summed E-state index contributed by atoms with van der Waals surface area (Å²) in [5.74, 6) is 0.995. The van der Waals surface area contributed by atoms with Crippen molar-refractivity contribution in [2.75, 3.05) is 5.73 Å². The molecule has 0 aliphatic rings. The van der Waals surface area contributed by atoms with Crippen LogP contribution in [0.1, 0.15) is 5.56 Å². The number of aryl methyl sites for hydroxylation is 1. The normalized spacial score (nSPS) is 10.1. The summed E-state index contributed by atoms with van der Waals surface area (Å²) in [5, 5.41) is 0. The molecule has 2 aromatic rings. The van der Waals surface area contributed by atoms with Gasteiger partial charge in [0.15, 0.2) is 11.6 Å². The van der Waals surface area contributed by atoms with Gasteiger partial charge in [0, 0.05) is 12.4 Å². The van der Waals surface area contributed by atoms with Crippen LogP contribution in [0.3, 0.4) is 0 Å². The summed E-state index contributed by atoms with van der Waals surface area (Å²) in [6.07, 6.45) is 6.52. The number of aromatic nitrogens is 4. The van der Waals surface area contributed by atoms with Gasteiger partial charge < -0.3 is 5.73 Å². The molecule has 0 spiro atoms. The van der Waals surface area contributed by atoms with Gasteiger partial charge in [0.05, 0.1) is 18.1 Å². The van der Waals surface area contributed by atoms with Crippen molar-refractivity contribution >= 4 is 5.69 Å². The molecular formula is C9H9N5. The highest BCUT2D eigenvalue weighted by molar-refractivity contribution is 5.44. The largest absolute Gasteiger partial charge is 0.396 e. The lowest BCUT2D eigenvalue weighted by Crippen LogP contribution is -1.96. The van der Waals surface area contributed by atoms with Gasteiger partial charge in [-0.1, -0.05) is 0 Å². The number of anilines is 1. The number of nitrogens with two attached hydrogens (primary N) is 1. The van der Waals surface area contributed by atoms with Crippen LogP contribution in [0.5, 0.6) is 0 Å². The van der Waals surface area contributed by atoms with Gasteiger partial charge in [-0.15, -0.1) is 0 Å². The van der Waals surface area contributed by atoms with Crippen LogP contribution in [-0.4, -0.2) is 19.9 Å². The molecule has 5 heteroatoms. The average Bonchev–Trinajstić information content (AvgIpc) is 2.21. The first-order chi connectivity index (χ1) is 6.75. The zero-order valence-electron chi connectivity index (χ0n) is 7.68. The van der Waals surface area contributed by atoms with Gasteiger partial charge in [-0.3, -0.25) is 0 Å². The minimum Gasteiger partial charge on any atom is -0.396 e. The second kappa shape index (κ2) is 3.37. The van der Waals surface area contributed by atoms with Crippen molar-refractivity contribution in [1.29, 1.82) is 0 Å². The third-order valence-electron chi connectivity index (χ3n) is 1.65. The van der Waals surface area contributed by atoms with E-state index in [-0.39, 0.29) is 0 Å². The Morgan fingerprint density at radius 1 is 0.857 bits per heavy atom. The van der Waals surface area contributed by atoms with Gasteiger partial charge in [0.25, 0.3) is 0 Å². The molecule has 0 bridgehead atoms. The highest BCUT2D eigenvalue weighted by Crippen LogP contribution is 2.08. The molecule has 2 heterocycles. The van der Waals surface area contributed by atoms with E-state index in [1.54, 1.807) is 12.4 Å². The number of nitrogen functional groups attached to an aromatic ring is 1. The third kappa shape index (κ3) is 1.66. The van der Waals surface area contributed by atoms with Gasteiger partial charge in [0.1, 0.15) is 0 Å². The molecule has 70 valence electrons. The van der Waals surface area contributed by atoms with Crippen LogP contribution in [0.25, 0.3) is 11.6 Å². The number of nitrogens with zero attached hydrogens (tertiary/aromatic N) is 4. The first kappa shape index (κ1) is 8.55. The fraction of sp³-hybridized carbons (Fsp3) is 0.111. The van der Waals surface area contributed by atoms with Crippen LogP contribution < -0.4 is 5.73 Å². The maximum absolute atomic E-state index is 5.46. The van der Waals surface area contributed by atoms with Crippen molar-refractivity contribution in [3.05, 3.63) is 30.4 Å². The number of hydrogen-bond acceptors (Lipinski definition) is 5. The lowest BCUT2D eigenvalue weighted by Gasteiger charge is -1.98. The van der Waals surface area contributed by atoms with Crippen LogP contribution >= 0.6 is 0 Å². The Labute approximate surface area is 81.1 Å². The number of hydrogen-bond donors (Lipinski definition) is 1. The second-order valence-electron chi connectivity index (χ2n) is 2.92. The Kier molecular flexibility index (Phi) is 2.06. The van der Waals surface area contributed by atoms with E-state index < -0.39 is 0 Å². The first-order valence-corrected chi connectivity index (χ1v) is 4.12. The van der Waals surface area contributed by atoms with Crippen molar-refractivity contribution in [3.8, 4) is 11.6 Å². The average molecular weight is 187 g/mol. The maximum Gasteiger partial charge on any atom is 0.197 e. The molecule has 0 unspecified atom stereocenters. The summed E-state index contributed by atoms with van der Waals surface area (Å²) >= 11 is 0. The molecule has 0 aliphatic carbocycles. The maximum atomic E-state index is 5.46. The van der Waals surface area contributed by atoms with Crippen LogP contribution in [0.15, 0.2) is 24.8 Å². The van der Waals surface area contributed by atoms with Crippen LogP contribution in [-0.2, 0) is 0 Å². The van der Waals surface area contributed by atoms with Gasteiger partial charge in [-0.25, -0.2) is 19.9 Å². The van der Waals surface area contributed by atoms with Crippen molar-refractivity contribution in [3.63, 3.8) is 0 Å². The van der Waals surface area contributed by atoms with E-state index in [2.05, 4.69) is 19.9 Å². The molecule has 2 aromatic heterocycles.